The van der Waals surface area contributed by atoms with Crippen molar-refractivity contribution < 1.29 is 4.74 Å². The number of hydrogen-bond acceptors (Lipinski definition) is 1. The summed E-state index contributed by atoms with van der Waals surface area (Å²) in [5.41, 5.74) is 0.923. The molecule has 84 valence electrons. The van der Waals surface area contributed by atoms with Gasteiger partial charge in [-0.15, -0.1) is 0 Å². The van der Waals surface area contributed by atoms with Gasteiger partial charge >= 0.3 is 0 Å². The normalized spacial score (nSPS) is 66.0. The minimum atomic E-state index is 0.284. The van der Waals surface area contributed by atoms with Gasteiger partial charge in [-0.05, 0) is 68.1 Å². The van der Waals surface area contributed by atoms with Crippen molar-refractivity contribution in [1.82, 2.24) is 0 Å². The Bertz CT molecular complexity index is 290. The van der Waals surface area contributed by atoms with Crippen LogP contribution in [0.3, 0.4) is 0 Å². The van der Waals surface area contributed by atoms with E-state index in [9.17, 15) is 0 Å². The van der Waals surface area contributed by atoms with Crippen LogP contribution in [0.5, 0.6) is 0 Å². The van der Waals surface area contributed by atoms with Crippen molar-refractivity contribution in [2.45, 2.75) is 51.6 Å². The zero-order valence-electron chi connectivity index (χ0n) is 9.96. The average molecular weight is 206 g/mol. The highest BCUT2D eigenvalue weighted by Gasteiger charge is 2.63. The van der Waals surface area contributed by atoms with E-state index in [1.807, 2.05) is 0 Å². The summed E-state index contributed by atoms with van der Waals surface area (Å²) in [4.78, 5) is 0. The molecule has 0 aromatic rings. The van der Waals surface area contributed by atoms with E-state index >= 15 is 0 Å². The summed E-state index contributed by atoms with van der Waals surface area (Å²) in [5.74, 6) is 4.05. The van der Waals surface area contributed by atoms with E-state index in [4.69, 9.17) is 4.74 Å². The first kappa shape index (κ1) is 9.04. The second-order valence-corrected chi connectivity index (χ2v) is 7.34. The van der Waals surface area contributed by atoms with Crippen molar-refractivity contribution in [3.63, 3.8) is 0 Å². The van der Waals surface area contributed by atoms with E-state index in [0.29, 0.717) is 5.41 Å². The molecule has 4 unspecified atom stereocenters. The molecule has 4 aliphatic carbocycles. The lowest BCUT2D eigenvalue weighted by molar-refractivity contribution is -0.124. The molecule has 5 aliphatic rings. The standard InChI is InChI=1S/C14H22O/c1-13-6-9-3-10(7-13)5-11(4-9)12(13)14(2)8-15-14/h9-12H,3-8H2,1-2H3. The van der Waals surface area contributed by atoms with Crippen molar-refractivity contribution in [3.8, 4) is 0 Å². The molecule has 0 radical (unpaired) electrons. The van der Waals surface area contributed by atoms with Crippen molar-refractivity contribution in [1.29, 1.82) is 0 Å². The number of epoxide rings is 1. The van der Waals surface area contributed by atoms with Gasteiger partial charge in [0.25, 0.3) is 0 Å². The Morgan fingerprint density at radius 1 is 1.00 bits per heavy atom. The molecule has 0 amide bonds. The van der Waals surface area contributed by atoms with E-state index in [0.717, 1.165) is 30.3 Å². The minimum Gasteiger partial charge on any atom is -0.370 e. The Balaban J connectivity index is 1.74. The molecule has 0 N–H and O–H groups in total. The molecule has 4 bridgehead atoms. The third kappa shape index (κ3) is 1.08. The highest BCUT2D eigenvalue weighted by Crippen LogP contribution is 2.67. The summed E-state index contributed by atoms with van der Waals surface area (Å²) in [5, 5.41) is 0. The Labute approximate surface area is 92.6 Å². The topological polar surface area (TPSA) is 12.5 Å². The third-order valence-corrected chi connectivity index (χ3v) is 5.93. The molecule has 15 heavy (non-hydrogen) atoms. The number of hydrogen-bond donors (Lipinski definition) is 0. The number of ether oxygens (including phenoxy) is 1. The molecule has 0 aromatic heterocycles. The van der Waals surface area contributed by atoms with Crippen molar-refractivity contribution in [3.05, 3.63) is 0 Å². The molecule has 4 atom stereocenters. The molecule has 1 aliphatic heterocycles. The van der Waals surface area contributed by atoms with Crippen molar-refractivity contribution in [2.75, 3.05) is 6.61 Å². The Morgan fingerprint density at radius 2 is 1.60 bits per heavy atom. The monoisotopic (exact) mass is 206 g/mol. The average Bonchev–Trinajstić information content (AvgIpc) is 2.79. The Hall–Kier alpha value is -0.0400. The second-order valence-electron chi connectivity index (χ2n) is 7.34. The SMILES string of the molecule is CC12CC3CC(CC(C3)C1C1(C)CO1)C2. The summed E-state index contributed by atoms with van der Waals surface area (Å²) in [6, 6.07) is 0. The van der Waals surface area contributed by atoms with Crippen LogP contribution in [0.1, 0.15) is 46.0 Å². The van der Waals surface area contributed by atoms with E-state index in [1.54, 1.807) is 6.42 Å². The fraction of sp³-hybridized carbons (Fsp3) is 1.00. The van der Waals surface area contributed by atoms with Crippen LogP contribution in [0, 0.1) is 29.1 Å². The molecule has 0 spiro atoms. The van der Waals surface area contributed by atoms with Gasteiger partial charge in [-0.3, -0.25) is 0 Å². The number of rotatable bonds is 1. The quantitative estimate of drug-likeness (QED) is 0.600. The maximum absolute atomic E-state index is 5.79. The lowest BCUT2D eigenvalue weighted by Crippen LogP contribution is -2.55. The fourth-order valence-corrected chi connectivity index (χ4v) is 5.98. The molecular weight excluding hydrogens is 184 g/mol. The largest absolute Gasteiger partial charge is 0.370 e. The summed E-state index contributed by atoms with van der Waals surface area (Å²) in [6.07, 6.45) is 7.61. The van der Waals surface area contributed by atoms with Crippen LogP contribution in [0.25, 0.3) is 0 Å². The smallest absolute Gasteiger partial charge is 0.0924 e. The van der Waals surface area contributed by atoms with E-state index in [2.05, 4.69) is 13.8 Å². The van der Waals surface area contributed by atoms with Crippen molar-refractivity contribution >= 4 is 0 Å². The van der Waals surface area contributed by atoms with Crippen LogP contribution in [0.15, 0.2) is 0 Å². The molecule has 5 fully saturated rings. The van der Waals surface area contributed by atoms with Crippen LogP contribution in [-0.2, 0) is 4.74 Å². The lowest BCUT2D eigenvalue weighted by atomic mass is 9.43. The maximum atomic E-state index is 5.79. The Morgan fingerprint density at radius 3 is 2.07 bits per heavy atom. The van der Waals surface area contributed by atoms with Crippen LogP contribution in [-0.4, -0.2) is 12.2 Å². The maximum Gasteiger partial charge on any atom is 0.0924 e. The van der Waals surface area contributed by atoms with E-state index < -0.39 is 0 Å². The summed E-state index contributed by atoms with van der Waals surface area (Å²) in [7, 11) is 0. The van der Waals surface area contributed by atoms with Gasteiger partial charge in [-0.25, -0.2) is 0 Å². The first-order valence-electron chi connectivity index (χ1n) is 6.73. The molecule has 1 heterocycles. The third-order valence-electron chi connectivity index (χ3n) is 5.93. The second kappa shape index (κ2) is 2.45. The lowest BCUT2D eigenvalue weighted by Gasteiger charge is -2.61. The van der Waals surface area contributed by atoms with Crippen LogP contribution in [0.2, 0.25) is 0 Å². The van der Waals surface area contributed by atoms with E-state index in [1.165, 1.54) is 25.7 Å². The van der Waals surface area contributed by atoms with Crippen LogP contribution >= 0.6 is 0 Å². The molecule has 1 saturated heterocycles. The first-order valence-corrected chi connectivity index (χ1v) is 6.73. The molecule has 5 rings (SSSR count). The molecule has 1 heteroatoms. The van der Waals surface area contributed by atoms with Gasteiger partial charge < -0.3 is 4.74 Å². The Kier molecular flexibility index (Phi) is 1.47. The van der Waals surface area contributed by atoms with Gasteiger partial charge in [-0.2, -0.15) is 0 Å². The molecule has 1 nitrogen and oxygen atoms in total. The van der Waals surface area contributed by atoms with Gasteiger partial charge in [-0.1, -0.05) is 6.92 Å². The first-order chi connectivity index (χ1) is 7.09. The summed E-state index contributed by atoms with van der Waals surface area (Å²) < 4.78 is 5.79. The van der Waals surface area contributed by atoms with Crippen LogP contribution < -0.4 is 0 Å². The molecular formula is C14H22O. The predicted octanol–water partition coefficient (Wildman–Crippen LogP) is 3.24. The van der Waals surface area contributed by atoms with Gasteiger partial charge in [0.2, 0.25) is 0 Å². The zero-order valence-corrected chi connectivity index (χ0v) is 9.96. The van der Waals surface area contributed by atoms with Gasteiger partial charge in [0.15, 0.2) is 0 Å². The summed E-state index contributed by atoms with van der Waals surface area (Å²) >= 11 is 0. The van der Waals surface area contributed by atoms with Crippen LogP contribution in [0.4, 0.5) is 0 Å². The highest BCUT2D eigenvalue weighted by atomic mass is 16.6. The molecule has 0 aromatic carbocycles. The van der Waals surface area contributed by atoms with Gasteiger partial charge in [0.05, 0.1) is 12.2 Å². The molecule has 4 saturated carbocycles. The highest BCUT2D eigenvalue weighted by molar-refractivity contribution is 5.12. The van der Waals surface area contributed by atoms with Crippen molar-refractivity contribution in [2.24, 2.45) is 29.1 Å². The summed E-state index contributed by atoms with van der Waals surface area (Å²) in [6.45, 7) is 5.97. The zero-order chi connectivity index (χ0) is 10.3. The minimum absolute atomic E-state index is 0.284. The fourth-order valence-electron chi connectivity index (χ4n) is 5.98. The van der Waals surface area contributed by atoms with Gasteiger partial charge in [0, 0.05) is 0 Å². The predicted molar refractivity (Wildman–Crippen MR) is 59.5 cm³/mol. The van der Waals surface area contributed by atoms with E-state index in [-0.39, 0.29) is 5.60 Å². The van der Waals surface area contributed by atoms with Gasteiger partial charge in [0.1, 0.15) is 0 Å².